The predicted molar refractivity (Wildman–Crippen MR) is 82.5 cm³/mol. The Morgan fingerprint density at radius 3 is 2.76 bits per heavy atom. The number of hydrogen-bond donors (Lipinski definition) is 3. The molecule has 1 amide bonds. The molecule has 0 aliphatic carbocycles. The third-order valence-corrected chi connectivity index (χ3v) is 3.94. The molecule has 0 saturated heterocycles. The van der Waals surface area contributed by atoms with Crippen LogP contribution >= 0.6 is 11.3 Å². The molecule has 2 rings (SSSR count). The first-order valence-corrected chi connectivity index (χ1v) is 6.96. The maximum Gasteiger partial charge on any atom is 0.266 e. The first-order chi connectivity index (χ1) is 10.1. The molecule has 7 heteroatoms. The molecular weight excluding hydrogens is 290 g/mol. The minimum Gasteiger partial charge on any atom is -0.495 e. The van der Waals surface area contributed by atoms with Crippen LogP contribution in [-0.2, 0) is 0 Å². The van der Waals surface area contributed by atoms with E-state index < -0.39 is 0 Å². The van der Waals surface area contributed by atoms with Crippen molar-refractivity contribution < 1.29 is 14.7 Å². The molecule has 0 radical (unpaired) electrons. The molecule has 0 atom stereocenters. The van der Waals surface area contributed by atoms with E-state index in [0.717, 1.165) is 5.56 Å². The standard InChI is InChI=1S/C14H15N3O3S/c1-8-5-6-21-12(8)14(18)16-10-4-3-9(13(15)17-19)7-11(10)20-2/h3-7,19H,1-2H3,(H2,15,17)(H,16,18). The van der Waals surface area contributed by atoms with Gasteiger partial charge < -0.3 is 21.0 Å². The number of aryl methyl sites for hydroxylation is 1. The van der Waals surface area contributed by atoms with Gasteiger partial charge in [0.05, 0.1) is 17.7 Å². The van der Waals surface area contributed by atoms with Gasteiger partial charge in [0.15, 0.2) is 5.84 Å². The maximum absolute atomic E-state index is 12.2. The Morgan fingerprint density at radius 2 is 2.19 bits per heavy atom. The first-order valence-electron chi connectivity index (χ1n) is 6.08. The zero-order valence-electron chi connectivity index (χ0n) is 11.6. The molecule has 0 aliphatic heterocycles. The van der Waals surface area contributed by atoms with Crippen molar-refractivity contribution >= 4 is 28.8 Å². The van der Waals surface area contributed by atoms with Crippen LogP contribution in [0.4, 0.5) is 5.69 Å². The van der Waals surface area contributed by atoms with Crippen LogP contribution in [0.2, 0.25) is 0 Å². The van der Waals surface area contributed by atoms with E-state index in [1.165, 1.54) is 18.4 Å². The molecule has 2 aromatic rings. The van der Waals surface area contributed by atoms with Gasteiger partial charge >= 0.3 is 0 Å². The van der Waals surface area contributed by atoms with Gasteiger partial charge in [-0.05, 0) is 42.1 Å². The summed E-state index contributed by atoms with van der Waals surface area (Å²) < 4.78 is 5.23. The molecule has 4 N–H and O–H groups in total. The number of benzene rings is 1. The Balaban J connectivity index is 2.28. The second-order valence-electron chi connectivity index (χ2n) is 4.29. The van der Waals surface area contributed by atoms with Gasteiger partial charge in [-0.3, -0.25) is 4.79 Å². The van der Waals surface area contributed by atoms with E-state index in [0.29, 0.717) is 21.9 Å². The van der Waals surface area contributed by atoms with Gasteiger partial charge in [-0.1, -0.05) is 5.16 Å². The Morgan fingerprint density at radius 1 is 1.43 bits per heavy atom. The van der Waals surface area contributed by atoms with Gasteiger partial charge in [0, 0.05) is 5.56 Å². The quantitative estimate of drug-likeness (QED) is 0.350. The minimum atomic E-state index is -0.197. The first kappa shape index (κ1) is 14.9. The molecule has 1 heterocycles. The number of amides is 1. The summed E-state index contributed by atoms with van der Waals surface area (Å²) in [5, 5.41) is 16.3. The average molecular weight is 305 g/mol. The number of hydrogen-bond acceptors (Lipinski definition) is 5. The van der Waals surface area contributed by atoms with Crippen LogP contribution in [0.1, 0.15) is 20.8 Å². The summed E-state index contributed by atoms with van der Waals surface area (Å²) in [5.41, 5.74) is 7.46. The molecule has 0 aliphatic rings. The Kier molecular flexibility index (Phi) is 4.44. The van der Waals surface area contributed by atoms with Gasteiger partial charge in [-0.2, -0.15) is 0 Å². The molecule has 21 heavy (non-hydrogen) atoms. The van der Waals surface area contributed by atoms with Crippen LogP contribution in [0, 0.1) is 6.92 Å². The summed E-state index contributed by atoms with van der Waals surface area (Å²) in [5.74, 6) is 0.208. The van der Waals surface area contributed by atoms with Crippen LogP contribution in [0.5, 0.6) is 5.75 Å². The number of rotatable bonds is 4. The van der Waals surface area contributed by atoms with Gasteiger partial charge in [0.25, 0.3) is 5.91 Å². The van der Waals surface area contributed by atoms with Crippen molar-refractivity contribution in [2.45, 2.75) is 6.92 Å². The fourth-order valence-electron chi connectivity index (χ4n) is 1.80. The van der Waals surface area contributed by atoms with Crippen molar-refractivity contribution in [1.82, 2.24) is 0 Å². The second kappa shape index (κ2) is 6.27. The van der Waals surface area contributed by atoms with Crippen molar-refractivity contribution in [1.29, 1.82) is 0 Å². The average Bonchev–Trinajstić information content (AvgIpc) is 2.93. The molecule has 0 fully saturated rings. The Bertz CT molecular complexity index is 695. The topological polar surface area (TPSA) is 96.9 Å². The third-order valence-electron chi connectivity index (χ3n) is 2.92. The maximum atomic E-state index is 12.2. The number of amidine groups is 1. The molecular formula is C14H15N3O3S. The highest BCUT2D eigenvalue weighted by atomic mass is 32.1. The van der Waals surface area contributed by atoms with E-state index in [-0.39, 0.29) is 11.7 Å². The molecule has 6 nitrogen and oxygen atoms in total. The van der Waals surface area contributed by atoms with E-state index >= 15 is 0 Å². The number of nitrogens with two attached hydrogens (primary N) is 1. The summed E-state index contributed by atoms with van der Waals surface area (Å²) >= 11 is 1.38. The minimum absolute atomic E-state index is 0.0275. The summed E-state index contributed by atoms with van der Waals surface area (Å²) in [7, 11) is 1.48. The monoisotopic (exact) mass is 305 g/mol. The van der Waals surface area contributed by atoms with E-state index in [4.69, 9.17) is 15.7 Å². The van der Waals surface area contributed by atoms with Crippen molar-refractivity contribution in [2.75, 3.05) is 12.4 Å². The number of anilines is 1. The summed E-state index contributed by atoms with van der Waals surface area (Å²) in [6.45, 7) is 1.88. The lowest BCUT2D eigenvalue weighted by atomic mass is 10.1. The van der Waals surface area contributed by atoms with E-state index in [9.17, 15) is 4.79 Å². The Labute approximate surface area is 125 Å². The zero-order valence-corrected chi connectivity index (χ0v) is 12.4. The number of carbonyl (C=O) groups excluding carboxylic acids is 1. The third kappa shape index (κ3) is 3.14. The number of oxime groups is 1. The molecule has 1 aromatic heterocycles. The molecule has 0 spiro atoms. The lowest BCUT2D eigenvalue weighted by Gasteiger charge is -2.11. The molecule has 0 saturated carbocycles. The molecule has 110 valence electrons. The second-order valence-corrected chi connectivity index (χ2v) is 5.20. The lowest BCUT2D eigenvalue weighted by Crippen LogP contribution is -2.15. The van der Waals surface area contributed by atoms with Gasteiger partial charge in [0.1, 0.15) is 5.75 Å². The van der Waals surface area contributed by atoms with Gasteiger partial charge in [-0.25, -0.2) is 0 Å². The van der Waals surface area contributed by atoms with Crippen LogP contribution in [0.25, 0.3) is 0 Å². The normalized spacial score (nSPS) is 11.2. The molecule has 0 unspecified atom stereocenters. The number of thiophene rings is 1. The van der Waals surface area contributed by atoms with Gasteiger partial charge in [0.2, 0.25) is 0 Å². The highest BCUT2D eigenvalue weighted by molar-refractivity contribution is 7.12. The smallest absolute Gasteiger partial charge is 0.266 e. The van der Waals surface area contributed by atoms with Gasteiger partial charge in [-0.15, -0.1) is 11.3 Å². The van der Waals surface area contributed by atoms with E-state index in [1.807, 2.05) is 18.4 Å². The number of methoxy groups -OCH3 is 1. The highest BCUT2D eigenvalue weighted by Crippen LogP contribution is 2.27. The van der Waals surface area contributed by atoms with Crippen LogP contribution in [0.3, 0.4) is 0 Å². The van der Waals surface area contributed by atoms with Crippen molar-refractivity contribution in [3.63, 3.8) is 0 Å². The van der Waals surface area contributed by atoms with E-state index in [2.05, 4.69) is 10.5 Å². The SMILES string of the molecule is COc1cc(/C(N)=N/O)ccc1NC(=O)c1sccc1C. The predicted octanol–water partition coefficient (Wildman–Crippen LogP) is 2.41. The fourth-order valence-corrected chi connectivity index (χ4v) is 2.62. The lowest BCUT2D eigenvalue weighted by molar-refractivity contribution is 0.102. The molecule has 0 bridgehead atoms. The number of nitrogens with zero attached hydrogens (tertiary/aromatic N) is 1. The largest absolute Gasteiger partial charge is 0.495 e. The van der Waals surface area contributed by atoms with Crippen molar-refractivity contribution in [3.8, 4) is 5.75 Å². The molecule has 1 aromatic carbocycles. The number of carbonyl (C=O) groups is 1. The van der Waals surface area contributed by atoms with Crippen molar-refractivity contribution in [3.05, 3.63) is 45.6 Å². The summed E-state index contributed by atoms with van der Waals surface area (Å²) in [6.07, 6.45) is 0. The zero-order chi connectivity index (χ0) is 15.4. The van der Waals surface area contributed by atoms with Crippen LogP contribution < -0.4 is 15.8 Å². The number of ether oxygens (including phenoxy) is 1. The fraction of sp³-hybridized carbons (Fsp3) is 0.143. The van der Waals surface area contributed by atoms with Crippen LogP contribution in [0.15, 0.2) is 34.8 Å². The summed E-state index contributed by atoms with van der Waals surface area (Å²) in [6, 6.07) is 6.76. The Hall–Kier alpha value is -2.54. The highest BCUT2D eigenvalue weighted by Gasteiger charge is 2.14. The van der Waals surface area contributed by atoms with Crippen LogP contribution in [-0.4, -0.2) is 24.1 Å². The summed E-state index contributed by atoms with van der Waals surface area (Å²) in [4.78, 5) is 12.8. The van der Waals surface area contributed by atoms with E-state index in [1.54, 1.807) is 18.2 Å². The van der Waals surface area contributed by atoms with Crippen molar-refractivity contribution in [2.24, 2.45) is 10.9 Å². The number of nitrogens with one attached hydrogen (secondary N) is 1.